The van der Waals surface area contributed by atoms with Gasteiger partial charge in [-0.25, -0.2) is 13.2 Å². The molecule has 0 bridgehead atoms. The maximum absolute atomic E-state index is 17.0. The van der Waals surface area contributed by atoms with E-state index in [1.54, 1.807) is 6.92 Å². The number of hydrogen-bond donors (Lipinski definition) is 1. The number of alkyl halides is 3. The fraction of sp³-hybridized carbons (Fsp3) is 0.741. The SMILES string of the molecule is C[C@@H]1C[C@H]2[C@@H]3C[C@H](F)C4=CC(=O)C=C[C@]4(C)[C@@]3(F)CC[C@]2(C)[C@@H]1OC(=O)C1CCC1(O)C(=O)SCF. The van der Waals surface area contributed by atoms with Gasteiger partial charge in [0.25, 0.3) is 0 Å². The summed E-state index contributed by atoms with van der Waals surface area (Å²) in [6, 6.07) is -0.983. The van der Waals surface area contributed by atoms with Gasteiger partial charge in [-0.3, -0.25) is 14.4 Å². The van der Waals surface area contributed by atoms with Crippen LogP contribution in [0.1, 0.15) is 59.3 Å². The summed E-state index contributed by atoms with van der Waals surface area (Å²) in [6.45, 7) is 5.58. The summed E-state index contributed by atoms with van der Waals surface area (Å²) in [6.07, 6.45) is 3.56. The van der Waals surface area contributed by atoms with Gasteiger partial charge in [0.15, 0.2) is 5.78 Å². The number of fused-ring (bicyclic) bond motifs is 5. The van der Waals surface area contributed by atoms with Crippen LogP contribution in [0.25, 0.3) is 0 Å². The van der Waals surface area contributed by atoms with Crippen molar-refractivity contribution in [3.8, 4) is 0 Å². The van der Waals surface area contributed by atoms with Crippen LogP contribution in [0.5, 0.6) is 0 Å². The molecule has 0 aromatic rings. The van der Waals surface area contributed by atoms with Gasteiger partial charge in [0.2, 0.25) is 5.12 Å². The standard InChI is InChI=1S/C27H33F3O5S/c1-14-10-17-18-12-20(29)19-11-15(31)4-6-25(19,3)27(18,30)9-8-24(17,2)21(14)35-22(32)16-5-7-26(16,34)23(33)36-13-28/h4,6,11,14,16-18,20-21,34H,5,7-10,12-13H2,1-3H3/t14-,16?,17+,18+,20+,21-,24+,25+,26?,27-/m1/s1. The number of carbonyl (C=O) groups is 3. The molecule has 2 unspecified atom stereocenters. The monoisotopic (exact) mass is 526 g/mol. The van der Waals surface area contributed by atoms with E-state index in [0.717, 1.165) is 0 Å². The van der Waals surface area contributed by atoms with Crippen molar-refractivity contribution in [2.75, 3.05) is 6.01 Å². The Morgan fingerprint density at radius 1 is 1.19 bits per heavy atom. The zero-order chi connectivity index (χ0) is 26.3. The summed E-state index contributed by atoms with van der Waals surface area (Å²) in [5.41, 5.74) is -5.25. The van der Waals surface area contributed by atoms with Crippen LogP contribution in [0, 0.1) is 34.5 Å². The van der Waals surface area contributed by atoms with Crippen LogP contribution < -0.4 is 0 Å². The number of ether oxygens (including phenoxy) is 1. The molecule has 1 N–H and O–H groups in total. The molecule has 0 aromatic carbocycles. The highest BCUT2D eigenvalue weighted by Crippen LogP contribution is 2.69. The van der Waals surface area contributed by atoms with Gasteiger partial charge < -0.3 is 9.84 Å². The fourth-order valence-corrected chi connectivity index (χ4v) is 8.74. The van der Waals surface area contributed by atoms with E-state index in [9.17, 15) is 23.9 Å². The quantitative estimate of drug-likeness (QED) is 0.529. The second-order valence-corrected chi connectivity index (χ2v) is 12.8. The number of allylic oxidation sites excluding steroid dienone is 4. The highest BCUT2D eigenvalue weighted by Gasteiger charge is 2.70. The molecule has 5 nitrogen and oxygen atoms in total. The average molecular weight is 527 g/mol. The molecule has 0 spiro atoms. The molecule has 4 saturated carbocycles. The van der Waals surface area contributed by atoms with Gasteiger partial charge in [-0.2, -0.15) is 0 Å². The summed E-state index contributed by atoms with van der Waals surface area (Å²) < 4.78 is 51.1. The normalized spacial score (nSPS) is 49.3. The fourth-order valence-electron chi connectivity index (χ4n) is 8.15. The minimum Gasteiger partial charge on any atom is -0.461 e. The van der Waals surface area contributed by atoms with Gasteiger partial charge in [0.05, 0.1) is 5.92 Å². The van der Waals surface area contributed by atoms with Crippen molar-refractivity contribution >= 4 is 28.6 Å². The largest absolute Gasteiger partial charge is 0.461 e. The third-order valence-corrected chi connectivity index (χ3v) is 11.1. The lowest BCUT2D eigenvalue weighted by Crippen LogP contribution is -2.62. The second kappa shape index (κ2) is 8.45. The lowest BCUT2D eigenvalue weighted by atomic mass is 9.46. The number of hydrogen-bond acceptors (Lipinski definition) is 6. The van der Waals surface area contributed by atoms with Crippen LogP contribution in [0.3, 0.4) is 0 Å². The highest BCUT2D eigenvalue weighted by molar-refractivity contribution is 8.13. The van der Waals surface area contributed by atoms with Crippen molar-refractivity contribution in [3.05, 3.63) is 23.8 Å². The molecule has 4 fully saturated rings. The molecule has 0 aliphatic heterocycles. The van der Waals surface area contributed by atoms with Crippen LogP contribution in [0.15, 0.2) is 23.8 Å². The van der Waals surface area contributed by atoms with Gasteiger partial charge in [0, 0.05) is 16.7 Å². The molecule has 0 amide bonds. The van der Waals surface area contributed by atoms with E-state index in [1.807, 2.05) is 13.8 Å². The van der Waals surface area contributed by atoms with Crippen LogP contribution in [0.4, 0.5) is 13.2 Å². The zero-order valence-corrected chi connectivity index (χ0v) is 21.6. The van der Waals surface area contributed by atoms with E-state index in [0.29, 0.717) is 24.6 Å². The molecule has 5 aliphatic rings. The molecule has 10 atom stereocenters. The Morgan fingerprint density at radius 2 is 1.92 bits per heavy atom. The van der Waals surface area contributed by atoms with Gasteiger partial charge >= 0.3 is 5.97 Å². The van der Waals surface area contributed by atoms with Crippen LogP contribution in [0.2, 0.25) is 0 Å². The minimum atomic E-state index is -1.93. The molecule has 0 radical (unpaired) electrons. The minimum absolute atomic E-state index is 0.0238. The Kier molecular flexibility index (Phi) is 6.11. The predicted octanol–water partition coefficient (Wildman–Crippen LogP) is 4.82. The zero-order valence-electron chi connectivity index (χ0n) is 20.8. The van der Waals surface area contributed by atoms with E-state index < -0.39 is 63.3 Å². The van der Waals surface area contributed by atoms with Gasteiger partial charge in [0.1, 0.15) is 29.6 Å². The number of halogens is 3. The molecule has 0 heterocycles. The van der Waals surface area contributed by atoms with Crippen molar-refractivity contribution in [2.45, 2.75) is 82.8 Å². The molecule has 0 saturated heterocycles. The number of ketones is 1. The van der Waals surface area contributed by atoms with Gasteiger partial charge in [-0.15, -0.1) is 0 Å². The average Bonchev–Trinajstić information content (AvgIpc) is 3.06. The van der Waals surface area contributed by atoms with E-state index in [1.165, 1.54) is 18.2 Å². The smallest absolute Gasteiger partial charge is 0.312 e. The molecule has 9 heteroatoms. The van der Waals surface area contributed by atoms with E-state index in [-0.39, 0.29) is 48.9 Å². The van der Waals surface area contributed by atoms with Crippen LogP contribution in [-0.4, -0.2) is 51.5 Å². The summed E-state index contributed by atoms with van der Waals surface area (Å²) in [5, 5.41) is 9.92. The topological polar surface area (TPSA) is 80.7 Å². The van der Waals surface area contributed by atoms with Crippen LogP contribution >= 0.6 is 11.8 Å². The van der Waals surface area contributed by atoms with E-state index in [4.69, 9.17) is 4.74 Å². The first kappa shape index (κ1) is 26.0. The van der Waals surface area contributed by atoms with Crippen LogP contribution in [-0.2, 0) is 19.1 Å². The number of rotatable bonds is 4. The molecule has 198 valence electrons. The van der Waals surface area contributed by atoms with Crippen molar-refractivity contribution in [2.24, 2.45) is 34.5 Å². The first-order chi connectivity index (χ1) is 16.8. The number of carbonyl (C=O) groups excluding carboxylic acids is 3. The summed E-state index contributed by atoms with van der Waals surface area (Å²) in [4.78, 5) is 37.3. The molecule has 5 aliphatic carbocycles. The number of esters is 1. The maximum Gasteiger partial charge on any atom is 0.312 e. The molecule has 36 heavy (non-hydrogen) atoms. The second-order valence-electron chi connectivity index (χ2n) is 11.9. The van der Waals surface area contributed by atoms with Crippen molar-refractivity contribution in [1.82, 2.24) is 0 Å². The van der Waals surface area contributed by atoms with Gasteiger partial charge in [-0.1, -0.05) is 31.7 Å². The van der Waals surface area contributed by atoms with E-state index >= 15 is 8.78 Å². The molecular formula is C27H33F3O5S. The third-order valence-electron chi connectivity index (χ3n) is 10.3. The first-order valence-corrected chi connectivity index (χ1v) is 13.7. The van der Waals surface area contributed by atoms with Gasteiger partial charge in [-0.05, 0) is 75.0 Å². The van der Waals surface area contributed by atoms with E-state index in [2.05, 4.69) is 0 Å². The molecule has 5 rings (SSSR count). The summed E-state index contributed by atoms with van der Waals surface area (Å²) in [7, 11) is 0. The molecular weight excluding hydrogens is 493 g/mol. The third kappa shape index (κ3) is 3.36. The Labute approximate surface area is 213 Å². The van der Waals surface area contributed by atoms with Crippen molar-refractivity contribution in [3.63, 3.8) is 0 Å². The Balaban J connectivity index is 1.40. The lowest BCUT2D eigenvalue weighted by Gasteiger charge is -2.60. The summed E-state index contributed by atoms with van der Waals surface area (Å²) >= 11 is 0.345. The number of aliphatic hydroxyl groups is 1. The van der Waals surface area contributed by atoms with Crippen molar-refractivity contribution in [1.29, 1.82) is 0 Å². The van der Waals surface area contributed by atoms with Crippen molar-refractivity contribution < 1.29 is 37.4 Å². The highest BCUT2D eigenvalue weighted by atomic mass is 32.2. The number of thioether (sulfide) groups is 1. The predicted molar refractivity (Wildman–Crippen MR) is 128 cm³/mol. The Hall–Kier alpha value is -1.61. The summed E-state index contributed by atoms with van der Waals surface area (Å²) in [5.74, 6) is -3.04. The Morgan fingerprint density at radius 3 is 2.56 bits per heavy atom. The maximum atomic E-state index is 17.0. The lowest BCUT2D eigenvalue weighted by molar-refractivity contribution is -0.193. The Bertz CT molecular complexity index is 1060. The first-order valence-electron chi connectivity index (χ1n) is 12.8. The molecule has 0 aromatic heterocycles.